The second-order valence-electron chi connectivity index (χ2n) is 6.39. The molecule has 1 fully saturated rings. The van der Waals surface area contributed by atoms with Crippen molar-refractivity contribution in [1.82, 2.24) is 5.32 Å². The number of hydrogen-bond acceptors (Lipinski definition) is 2. The fourth-order valence-corrected chi connectivity index (χ4v) is 3.06. The summed E-state index contributed by atoms with van der Waals surface area (Å²) in [5, 5.41) is 3.09. The molecule has 1 amide bonds. The molecule has 21 heavy (non-hydrogen) atoms. The van der Waals surface area contributed by atoms with Gasteiger partial charge in [-0.2, -0.15) is 0 Å². The van der Waals surface area contributed by atoms with E-state index in [1.165, 1.54) is 32.1 Å². The van der Waals surface area contributed by atoms with Crippen LogP contribution in [0.25, 0.3) is 0 Å². The van der Waals surface area contributed by atoms with E-state index in [9.17, 15) is 4.79 Å². The zero-order chi connectivity index (χ0) is 15.3. The molecule has 0 bridgehead atoms. The highest BCUT2D eigenvalue weighted by atomic mass is 32.1. The summed E-state index contributed by atoms with van der Waals surface area (Å²) in [6, 6.07) is 7.56. The molecule has 1 saturated carbocycles. The van der Waals surface area contributed by atoms with Crippen molar-refractivity contribution in [3.8, 4) is 0 Å². The topological polar surface area (TPSA) is 55.1 Å². The Morgan fingerprint density at radius 2 is 1.86 bits per heavy atom. The Morgan fingerprint density at radius 1 is 1.24 bits per heavy atom. The molecule has 0 spiro atoms. The first-order chi connectivity index (χ1) is 9.98. The lowest BCUT2D eigenvalue weighted by Gasteiger charge is -2.33. The van der Waals surface area contributed by atoms with Gasteiger partial charge < -0.3 is 11.1 Å². The summed E-state index contributed by atoms with van der Waals surface area (Å²) in [6.07, 6.45) is 6.75. The van der Waals surface area contributed by atoms with E-state index in [4.69, 9.17) is 18.0 Å². The summed E-state index contributed by atoms with van der Waals surface area (Å²) in [5.74, 6) is 0.0878. The van der Waals surface area contributed by atoms with Crippen LogP contribution >= 0.6 is 12.2 Å². The van der Waals surface area contributed by atoms with E-state index in [1.807, 2.05) is 24.3 Å². The van der Waals surface area contributed by atoms with E-state index >= 15 is 0 Å². The Balaban J connectivity index is 1.82. The van der Waals surface area contributed by atoms with Crippen LogP contribution in [0.3, 0.4) is 0 Å². The Hall–Kier alpha value is -1.42. The van der Waals surface area contributed by atoms with Gasteiger partial charge in [0, 0.05) is 12.1 Å². The highest BCUT2D eigenvalue weighted by Gasteiger charge is 2.26. The van der Waals surface area contributed by atoms with Crippen molar-refractivity contribution in [2.24, 2.45) is 11.1 Å². The van der Waals surface area contributed by atoms with E-state index in [-0.39, 0.29) is 11.3 Å². The summed E-state index contributed by atoms with van der Waals surface area (Å²) in [7, 11) is 0. The monoisotopic (exact) mass is 304 g/mol. The third kappa shape index (κ3) is 4.81. The molecule has 3 nitrogen and oxygen atoms in total. The lowest BCUT2D eigenvalue weighted by atomic mass is 9.76. The predicted octanol–water partition coefficient (Wildman–Crippen LogP) is 2.95. The molecule has 0 radical (unpaired) electrons. The molecule has 1 aromatic rings. The minimum Gasteiger partial charge on any atom is -0.389 e. The Morgan fingerprint density at radius 3 is 2.43 bits per heavy atom. The van der Waals surface area contributed by atoms with Crippen molar-refractivity contribution in [3.05, 3.63) is 35.4 Å². The number of hydrogen-bond donors (Lipinski definition) is 2. The van der Waals surface area contributed by atoms with Crippen LogP contribution in [0.5, 0.6) is 0 Å². The van der Waals surface area contributed by atoms with E-state index in [2.05, 4.69) is 12.2 Å². The van der Waals surface area contributed by atoms with Crippen LogP contribution in [0, 0.1) is 5.41 Å². The average Bonchev–Trinajstić information content (AvgIpc) is 2.47. The highest BCUT2D eigenvalue weighted by Crippen LogP contribution is 2.34. The zero-order valence-corrected chi connectivity index (χ0v) is 13.5. The first-order valence-electron chi connectivity index (χ1n) is 7.64. The Bertz CT molecular complexity index is 504. The number of rotatable bonds is 5. The van der Waals surface area contributed by atoms with Gasteiger partial charge in [-0.25, -0.2) is 0 Å². The van der Waals surface area contributed by atoms with Crippen LogP contribution in [0.4, 0.5) is 0 Å². The van der Waals surface area contributed by atoms with Gasteiger partial charge in [0.25, 0.3) is 0 Å². The van der Waals surface area contributed by atoms with Gasteiger partial charge in [-0.05, 0) is 23.8 Å². The normalized spacial score (nSPS) is 17.2. The van der Waals surface area contributed by atoms with Crippen LogP contribution in [0.2, 0.25) is 0 Å². The molecule has 1 aliphatic rings. The van der Waals surface area contributed by atoms with Gasteiger partial charge in [0.15, 0.2) is 0 Å². The maximum Gasteiger partial charge on any atom is 0.224 e. The van der Waals surface area contributed by atoms with Gasteiger partial charge in [-0.1, -0.05) is 62.7 Å². The van der Waals surface area contributed by atoms with Gasteiger partial charge in [-0.3, -0.25) is 4.79 Å². The van der Waals surface area contributed by atoms with Gasteiger partial charge in [0.05, 0.1) is 6.42 Å². The second-order valence-corrected chi connectivity index (χ2v) is 6.83. The lowest BCUT2D eigenvalue weighted by Crippen LogP contribution is -2.37. The fourth-order valence-electron chi connectivity index (χ4n) is 2.93. The molecular weight excluding hydrogens is 280 g/mol. The molecule has 0 aromatic heterocycles. The van der Waals surface area contributed by atoms with Crippen LogP contribution in [0.1, 0.15) is 50.2 Å². The van der Waals surface area contributed by atoms with E-state index in [0.717, 1.165) is 17.7 Å². The van der Waals surface area contributed by atoms with Gasteiger partial charge >= 0.3 is 0 Å². The standard InChI is InChI=1S/C17H24N2OS/c1-17(9-3-2-4-10-17)12-19-15(20)11-13-5-7-14(8-6-13)16(18)21/h5-8H,2-4,9-12H2,1H3,(H2,18,21)(H,19,20). The fraction of sp³-hybridized carbons (Fsp3) is 0.529. The summed E-state index contributed by atoms with van der Waals surface area (Å²) < 4.78 is 0. The molecule has 2 rings (SSSR count). The predicted molar refractivity (Wildman–Crippen MR) is 90.2 cm³/mol. The van der Waals surface area contributed by atoms with Crippen LogP contribution < -0.4 is 11.1 Å². The van der Waals surface area contributed by atoms with Gasteiger partial charge in [0.1, 0.15) is 4.99 Å². The maximum absolute atomic E-state index is 12.1. The molecule has 0 aliphatic heterocycles. The largest absolute Gasteiger partial charge is 0.389 e. The summed E-state index contributed by atoms with van der Waals surface area (Å²) >= 11 is 4.92. The lowest BCUT2D eigenvalue weighted by molar-refractivity contribution is -0.121. The SMILES string of the molecule is CC1(CNC(=O)Cc2ccc(C(N)=S)cc2)CCCCC1. The van der Waals surface area contributed by atoms with Crippen molar-refractivity contribution >= 4 is 23.1 Å². The molecule has 1 aliphatic carbocycles. The molecular formula is C17H24N2OS. The molecule has 1 aromatic carbocycles. The average molecular weight is 304 g/mol. The van der Waals surface area contributed by atoms with Gasteiger partial charge in [-0.15, -0.1) is 0 Å². The molecule has 4 heteroatoms. The third-order valence-corrected chi connectivity index (χ3v) is 4.61. The molecule has 114 valence electrons. The van der Waals surface area contributed by atoms with Crippen LogP contribution in [-0.4, -0.2) is 17.4 Å². The van der Waals surface area contributed by atoms with Crippen molar-refractivity contribution in [2.45, 2.75) is 45.4 Å². The summed E-state index contributed by atoms with van der Waals surface area (Å²) in [5.41, 5.74) is 7.67. The quantitative estimate of drug-likeness (QED) is 0.822. The first-order valence-corrected chi connectivity index (χ1v) is 8.05. The molecule has 3 N–H and O–H groups in total. The van der Waals surface area contributed by atoms with Crippen LogP contribution in [-0.2, 0) is 11.2 Å². The van der Waals surface area contributed by atoms with Crippen molar-refractivity contribution in [3.63, 3.8) is 0 Å². The van der Waals surface area contributed by atoms with E-state index < -0.39 is 0 Å². The van der Waals surface area contributed by atoms with E-state index in [0.29, 0.717) is 11.4 Å². The minimum atomic E-state index is 0.0878. The van der Waals surface area contributed by atoms with E-state index in [1.54, 1.807) is 0 Å². The number of carbonyl (C=O) groups is 1. The maximum atomic E-state index is 12.1. The zero-order valence-electron chi connectivity index (χ0n) is 12.7. The number of benzene rings is 1. The Kier molecular flexibility index (Phi) is 5.34. The number of nitrogens with one attached hydrogen (secondary N) is 1. The van der Waals surface area contributed by atoms with Gasteiger partial charge in [0.2, 0.25) is 5.91 Å². The van der Waals surface area contributed by atoms with Crippen molar-refractivity contribution in [2.75, 3.05) is 6.54 Å². The Labute approximate surface area is 132 Å². The number of amides is 1. The summed E-state index contributed by atoms with van der Waals surface area (Å²) in [4.78, 5) is 12.4. The molecule has 0 heterocycles. The summed E-state index contributed by atoms with van der Waals surface area (Å²) in [6.45, 7) is 3.07. The highest BCUT2D eigenvalue weighted by molar-refractivity contribution is 7.80. The van der Waals surface area contributed by atoms with Crippen molar-refractivity contribution in [1.29, 1.82) is 0 Å². The minimum absolute atomic E-state index is 0.0878. The first kappa shape index (κ1) is 16.0. The van der Waals surface area contributed by atoms with Crippen molar-refractivity contribution < 1.29 is 4.79 Å². The smallest absolute Gasteiger partial charge is 0.224 e. The number of thiocarbonyl (C=S) groups is 1. The number of carbonyl (C=O) groups excluding carboxylic acids is 1. The van der Waals surface area contributed by atoms with Crippen LogP contribution in [0.15, 0.2) is 24.3 Å². The molecule has 0 atom stereocenters. The number of nitrogens with two attached hydrogens (primary N) is 1. The third-order valence-electron chi connectivity index (χ3n) is 4.38. The second kappa shape index (κ2) is 7.03. The molecule has 0 saturated heterocycles. The molecule has 0 unspecified atom stereocenters.